The maximum atomic E-state index is 11.3. The standard InChI is InChI=1S/C11H11O4/c1-8(12)15-7-9-5-3-4-6-10(9)11(13)14-2/h3-5H,7H2,1-2H3. The molecule has 0 spiro atoms. The number of hydrogen-bond acceptors (Lipinski definition) is 4. The van der Waals surface area contributed by atoms with Gasteiger partial charge in [-0.3, -0.25) is 4.79 Å². The molecule has 0 fully saturated rings. The molecule has 0 aliphatic carbocycles. The van der Waals surface area contributed by atoms with Gasteiger partial charge in [0.25, 0.3) is 0 Å². The van der Waals surface area contributed by atoms with Gasteiger partial charge in [0, 0.05) is 12.5 Å². The SMILES string of the molecule is COC(=O)c1[c]cccc1COC(C)=O. The number of benzene rings is 1. The maximum absolute atomic E-state index is 11.3. The molecule has 15 heavy (non-hydrogen) atoms. The summed E-state index contributed by atoms with van der Waals surface area (Å²) >= 11 is 0. The first kappa shape index (κ1) is 11.2. The Labute approximate surface area is 87.8 Å². The monoisotopic (exact) mass is 207 g/mol. The van der Waals surface area contributed by atoms with Crippen LogP contribution in [0.1, 0.15) is 22.8 Å². The highest BCUT2D eigenvalue weighted by Gasteiger charge is 2.11. The Morgan fingerprint density at radius 2 is 2.20 bits per heavy atom. The van der Waals surface area contributed by atoms with Gasteiger partial charge in [-0.25, -0.2) is 4.79 Å². The van der Waals surface area contributed by atoms with Gasteiger partial charge in [0.15, 0.2) is 0 Å². The number of carbonyl (C=O) groups is 2. The van der Waals surface area contributed by atoms with Gasteiger partial charge in [-0.15, -0.1) is 0 Å². The second kappa shape index (κ2) is 5.14. The summed E-state index contributed by atoms with van der Waals surface area (Å²) in [5.41, 5.74) is 0.876. The second-order valence-electron chi connectivity index (χ2n) is 2.84. The molecule has 0 atom stereocenters. The Bertz CT molecular complexity index is 371. The van der Waals surface area contributed by atoms with E-state index in [1.165, 1.54) is 14.0 Å². The van der Waals surface area contributed by atoms with Crippen molar-refractivity contribution in [3.8, 4) is 0 Å². The van der Waals surface area contributed by atoms with Crippen molar-refractivity contribution in [3.05, 3.63) is 35.4 Å². The minimum atomic E-state index is -0.488. The number of hydrogen-bond donors (Lipinski definition) is 0. The van der Waals surface area contributed by atoms with Gasteiger partial charge in [-0.1, -0.05) is 18.2 Å². The van der Waals surface area contributed by atoms with E-state index in [2.05, 4.69) is 10.8 Å². The summed E-state index contributed by atoms with van der Waals surface area (Å²) in [7, 11) is 1.29. The minimum absolute atomic E-state index is 0.0527. The Morgan fingerprint density at radius 1 is 1.47 bits per heavy atom. The molecule has 0 N–H and O–H groups in total. The Kier molecular flexibility index (Phi) is 3.85. The van der Waals surface area contributed by atoms with Crippen LogP contribution in [-0.4, -0.2) is 19.0 Å². The molecule has 0 aromatic heterocycles. The molecule has 79 valence electrons. The fraction of sp³-hybridized carbons (Fsp3) is 0.273. The summed E-state index contributed by atoms with van der Waals surface area (Å²) in [4.78, 5) is 21.9. The molecule has 0 bridgehead atoms. The van der Waals surface area contributed by atoms with Crippen molar-refractivity contribution in [2.45, 2.75) is 13.5 Å². The van der Waals surface area contributed by atoms with E-state index >= 15 is 0 Å². The van der Waals surface area contributed by atoms with Gasteiger partial charge < -0.3 is 9.47 Å². The molecule has 0 heterocycles. The van der Waals surface area contributed by atoms with Crippen LogP contribution < -0.4 is 0 Å². The molecule has 0 unspecified atom stereocenters. The van der Waals surface area contributed by atoms with E-state index in [0.29, 0.717) is 11.1 Å². The maximum Gasteiger partial charge on any atom is 0.338 e. The fourth-order valence-corrected chi connectivity index (χ4v) is 1.06. The summed E-state index contributed by atoms with van der Waals surface area (Å²) in [5.74, 6) is -0.882. The van der Waals surface area contributed by atoms with Crippen molar-refractivity contribution >= 4 is 11.9 Å². The van der Waals surface area contributed by atoms with Gasteiger partial charge in [-0.2, -0.15) is 0 Å². The van der Waals surface area contributed by atoms with Crippen LogP contribution in [0.4, 0.5) is 0 Å². The average molecular weight is 207 g/mol. The van der Waals surface area contributed by atoms with Crippen molar-refractivity contribution in [1.29, 1.82) is 0 Å². The van der Waals surface area contributed by atoms with Gasteiger partial charge in [-0.05, 0) is 6.07 Å². The van der Waals surface area contributed by atoms with Gasteiger partial charge in [0.1, 0.15) is 6.61 Å². The topological polar surface area (TPSA) is 52.6 Å². The van der Waals surface area contributed by atoms with Crippen LogP contribution in [0.3, 0.4) is 0 Å². The lowest BCUT2D eigenvalue weighted by Gasteiger charge is -2.06. The Balaban J connectivity index is 2.86. The van der Waals surface area contributed by atoms with Gasteiger partial charge >= 0.3 is 11.9 Å². The molecule has 4 nitrogen and oxygen atoms in total. The van der Waals surface area contributed by atoms with Crippen molar-refractivity contribution in [3.63, 3.8) is 0 Å². The predicted molar refractivity (Wildman–Crippen MR) is 52.1 cm³/mol. The normalized spacial score (nSPS) is 9.47. The van der Waals surface area contributed by atoms with E-state index in [-0.39, 0.29) is 6.61 Å². The highest BCUT2D eigenvalue weighted by atomic mass is 16.5. The Hall–Kier alpha value is -1.84. The quantitative estimate of drug-likeness (QED) is 0.702. The summed E-state index contributed by atoms with van der Waals surface area (Å²) in [6.45, 7) is 1.36. The summed E-state index contributed by atoms with van der Waals surface area (Å²) in [5, 5.41) is 0. The van der Waals surface area contributed by atoms with Crippen LogP contribution in [0.25, 0.3) is 0 Å². The molecule has 0 saturated carbocycles. The van der Waals surface area contributed by atoms with Crippen LogP contribution in [0, 0.1) is 6.07 Å². The zero-order valence-electron chi connectivity index (χ0n) is 8.57. The Morgan fingerprint density at radius 3 is 2.80 bits per heavy atom. The van der Waals surface area contributed by atoms with E-state index in [9.17, 15) is 9.59 Å². The van der Waals surface area contributed by atoms with Crippen molar-refractivity contribution in [1.82, 2.24) is 0 Å². The second-order valence-corrected chi connectivity index (χ2v) is 2.84. The lowest BCUT2D eigenvalue weighted by Crippen LogP contribution is -2.08. The first-order valence-electron chi connectivity index (χ1n) is 4.36. The van der Waals surface area contributed by atoms with Crippen LogP contribution in [-0.2, 0) is 20.9 Å². The fourth-order valence-electron chi connectivity index (χ4n) is 1.06. The first-order valence-corrected chi connectivity index (χ1v) is 4.36. The molecule has 4 heteroatoms. The predicted octanol–water partition coefficient (Wildman–Crippen LogP) is 1.34. The molecule has 1 radical (unpaired) electrons. The third-order valence-electron chi connectivity index (χ3n) is 1.76. The summed E-state index contributed by atoms with van der Waals surface area (Å²) in [6.07, 6.45) is 0. The summed E-state index contributed by atoms with van der Waals surface area (Å²) < 4.78 is 9.37. The van der Waals surface area contributed by atoms with Gasteiger partial charge in [0.2, 0.25) is 0 Å². The highest BCUT2D eigenvalue weighted by Crippen LogP contribution is 2.10. The zero-order chi connectivity index (χ0) is 11.3. The highest BCUT2D eigenvalue weighted by molar-refractivity contribution is 5.90. The molecule has 1 aromatic rings. The number of esters is 2. The molecule has 0 aliphatic heterocycles. The molecule has 0 amide bonds. The van der Waals surface area contributed by atoms with E-state index in [1.807, 2.05) is 0 Å². The number of ether oxygens (including phenoxy) is 2. The van der Waals surface area contributed by atoms with Crippen LogP contribution in [0.5, 0.6) is 0 Å². The van der Waals surface area contributed by atoms with Crippen LogP contribution in [0.15, 0.2) is 18.2 Å². The lowest BCUT2D eigenvalue weighted by atomic mass is 10.1. The van der Waals surface area contributed by atoms with E-state index in [1.54, 1.807) is 18.2 Å². The third kappa shape index (κ3) is 3.09. The lowest BCUT2D eigenvalue weighted by molar-refractivity contribution is -0.142. The number of rotatable bonds is 3. The van der Waals surface area contributed by atoms with E-state index in [4.69, 9.17) is 4.74 Å². The third-order valence-corrected chi connectivity index (χ3v) is 1.76. The smallest absolute Gasteiger partial charge is 0.338 e. The molecule has 1 rings (SSSR count). The van der Waals surface area contributed by atoms with Crippen molar-refractivity contribution in [2.24, 2.45) is 0 Å². The number of carbonyl (C=O) groups excluding carboxylic acids is 2. The molecular weight excluding hydrogens is 196 g/mol. The molecule has 0 saturated heterocycles. The van der Waals surface area contributed by atoms with E-state index in [0.717, 1.165) is 0 Å². The first-order chi connectivity index (χ1) is 7.15. The molecular formula is C11H11O4. The van der Waals surface area contributed by atoms with Crippen LogP contribution in [0.2, 0.25) is 0 Å². The minimum Gasteiger partial charge on any atom is -0.465 e. The van der Waals surface area contributed by atoms with E-state index < -0.39 is 11.9 Å². The number of methoxy groups -OCH3 is 1. The van der Waals surface area contributed by atoms with Crippen molar-refractivity contribution in [2.75, 3.05) is 7.11 Å². The zero-order valence-corrected chi connectivity index (χ0v) is 8.57. The molecule has 1 aromatic carbocycles. The van der Waals surface area contributed by atoms with Crippen LogP contribution >= 0.6 is 0 Å². The largest absolute Gasteiger partial charge is 0.465 e. The van der Waals surface area contributed by atoms with Gasteiger partial charge in [0.05, 0.1) is 12.7 Å². The average Bonchev–Trinajstić information content (AvgIpc) is 2.25. The summed E-state index contributed by atoms with van der Waals surface area (Å²) in [6, 6.07) is 7.75. The van der Waals surface area contributed by atoms with Crippen molar-refractivity contribution < 1.29 is 19.1 Å². The molecule has 0 aliphatic rings.